The minimum absolute atomic E-state index is 0. The van der Waals surface area contributed by atoms with Crippen LogP contribution in [-0.4, -0.2) is 126 Å². The number of benzene rings is 2. The van der Waals surface area contributed by atoms with E-state index in [9.17, 15) is 24.0 Å². The summed E-state index contributed by atoms with van der Waals surface area (Å²) in [5.41, 5.74) is -0.810. The molecule has 0 saturated carbocycles. The number of rotatable bonds is 14. The number of nitrogens with one attached hydrogen (secondary N) is 2. The zero-order chi connectivity index (χ0) is 42.1. The largest absolute Gasteiger partial charge is 0.444 e. The van der Waals surface area contributed by atoms with E-state index in [0.717, 1.165) is 16.3 Å². The lowest BCUT2D eigenvalue weighted by Gasteiger charge is -2.33. The van der Waals surface area contributed by atoms with E-state index in [-0.39, 0.29) is 54.4 Å². The van der Waals surface area contributed by atoms with Gasteiger partial charge in [0.15, 0.2) is 5.78 Å². The molecule has 0 heterocycles. The number of carbonyl (C=O) groups is 5. The van der Waals surface area contributed by atoms with Crippen molar-refractivity contribution in [1.82, 2.24) is 25.3 Å². The lowest BCUT2D eigenvalue weighted by molar-refractivity contribution is 0.00839. The molecule has 3 rings (SSSR count). The first kappa shape index (κ1) is 45.5. The van der Waals surface area contributed by atoms with Crippen LogP contribution in [-0.2, 0) is 18.9 Å². The first-order chi connectivity index (χ1) is 25.8. The molecule has 0 atom stereocenters. The average Bonchev–Trinajstić information content (AvgIpc) is 3.03. The van der Waals surface area contributed by atoms with Crippen LogP contribution in [0.5, 0.6) is 0 Å². The van der Waals surface area contributed by atoms with E-state index in [1.54, 1.807) is 83.1 Å². The van der Waals surface area contributed by atoms with Gasteiger partial charge >= 0.3 is 24.4 Å². The Morgan fingerprint density at radius 1 is 0.589 bits per heavy atom. The number of ketones is 1. The molecule has 314 valence electrons. The molecule has 4 amide bonds. The molecule has 2 aromatic rings. The van der Waals surface area contributed by atoms with Gasteiger partial charge in [-0.15, -0.1) is 0 Å². The second-order valence-corrected chi connectivity index (χ2v) is 17.8. The monoisotopic (exact) mass is 785 g/mol. The minimum atomic E-state index is -0.816. The number of carbonyl (C=O) groups excluding carboxylic acids is 5. The Morgan fingerprint density at radius 3 is 1.48 bits per heavy atom. The van der Waals surface area contributed by atoms with Crippen molar-refractivity contribution in [1.29, 1.82) is 0 Å². The van der Waals surface area contributed by atoms with Gasteiger partial charge in [0, 0.05) is 78.3 Å². The Labute approximate surface area is 335 Å². The molecule has 0 fully saturated rings. The summed E-state index contributed by atoms with van der Waals surface area (Å²) in [7, 11) is 0. The van der Waals surface area contributed by atoms with Crippen molar-refractivity contribution in [2.45, 2.75) is 105 Å². The van der Waals surface area contributed by atoms with Crippen molar-refractivity contribution >= 4 is 47.0 Å². The van der Waals surface area contributed by atoms with Gasteiger partial charge in [-0.05, 0) is 100 Å². The van der Waals surface area contributed by atoms with Crippen molar-refractivity contribution < 1.29 is 45.8 Å². The van der Waals surface area contributed by atoms with Gasteiger partial charge in [0.05, 0.1) is 0 Å². The summed E-state index contributed by atoms with van der Waals surface area (Å²) in [6.45, 7) is 22.3. The molecule has 1 aliphatic carbocycles. The van der Waals surface area contributed by atoms with Crippen molar-refractivity contribution in [3.8, 4) is 0 Å². The summed E-state index contributed by atoms with van der Waals surface area (Å²) in [5.74, 6) is -0.0418. The smallest absolute Gasteiger partial charge is 0.410 e. The normalized spacial score (nSPS) is 13.1. The molecule has 0 aliphatic heterocycles. The number of amides is 4. The van der Waals surface area contributed by atoms with Gasteiger partial charge in [0.2, 0.25) is 0 Å². The Morgan fingerprint density at radius 2 is 1.02 bits per heavy atom. The van der Waals surface area contributed by atoms with Crippen LogP contribution >= 0.6 is 0 Å². The van der Waals surface area contributed by atoms with Crippen LogP contribution in [0.2, 0.25) is 0 Å². The highest BCUT2D eigenvalue weighted by Gasteiger charge is 2.29. The SMILES string of the molecule is CC(C)(C)OC(=O)NCCN(CCN(CCN(CCNCC1=Cc2cccc3cccc(c23)C1=O)C(=O)OC(C)(C)C)C(=O)OC(C)(C)C)C(=O)OC(C)(C)C.[HH].[HH]. The van der Waals surface area contributed by atoms with E-state index in [1.165, 1.54) is 14.7 Å². The lowest BCUT2D eigenvalue weighted by atomic mass is 9.88. The lowest BCUT2D eigenvalue weighted by Crippen LogP contribution is -2.49. The maximum absolute atomic E-state index is 13.5. The average molecular weight is 786 g/mol. The van der Waals surface area contributed by atoms with Crippen molar-refractivity contribution in [2.75, 3.05) is 58.9 Å². The number of alkyl carbamates (subject to hydrolysis) is 1. The molecule has 0 radical (unpaired) electrons. The highest BCUT2D eigenvalue weighted by molar-refractivity contribution is 6.23. The van der Waals surface area contributed by atoms with E-state index < -0.39 is 46.8 Å². The van der Waals surface area contributed by atoms with Crippen LogP contribution in [0.4, 0.5) is 19.2 Å². The third-order valence-corrected chi connectivity index (χ3v) is 7.96. The first-order valence-corrected chi connectivity index (χ1v) is 19.2. The molecule has 1 aliphatic rings. The Hall–Kier alpha value is -4.85. The zero-order valence-electron chi connectivity index (χ0n) is 35.4. The van der Waals surface area contributed by atoms with Crippen LogP contribution < -0.4 is 10.6 Å². The van der Waals surface area contributed by atoms with Crippen molar-refractivity contribution in [2.24, 2.45) is 0 Å². The molecule has 0 unspecified atom stereocenters. The highest BCUT2D eigenvalue weighted by Crippen LogP contribution is 2.31. The Balaban J connectivity index is 0.00000841. The fraction of sp³-hybridized carbons (Fsp3) is 0.595. The maximum atomic E-state index is 13.5. The van der Waals surface area contributed by atoms with Gasteiger partial charge < -0.3 is 44.3 Å². The summed E-state index contributed by atoms with van der Waals surface area (Å²) >= 11 is 0. The zero-order valence-corrected chi connectivity index (χ0v) is 35.4. The molecular weight excluding hydrogens is 718 g/mol. The second kappa shape index (κ2) is 18.9. The molecule has 2 N–H and O–H groups in total. The highest BCUT2D eigenvalue weighted by atomic mass is 16.6. The third kappa shape index (κ3) is 15.4. The van der Waals surface area contributed by atoms with Crippen LogP contribution in [0.3, 0.4) is 0 Å². The quantitative estimate of drug-likeness (QED) is 0.144. The van der Waals surface area contributed by atoms with E-state index in [4.69, 9.17) is 18.9 Å². The molecular formula is C42H67N5O9. The Bertz CT molecular complexity index is 1750. The van der Waals surface area contributed by atoms with Gasteiger partial charge in [-0.1, -0.05) is 36.4 Å². The summed E-state index contributed by atoms with van der Waals surface area (Å²) in [6, 6.07) is 11.7. The van der Waals surface area contributed by atoms with Crippen LogP contribution in [0.15, 0.2) is 42.0 Å². The van der Waals surface area contributed by atoms with Crippen molar-refractivity contribution in [3.63, 3.8) is 0 Å². The van der Waals surface area contributed by atoms with Gasteiger partial charge in [-0.3, -0.25) is 4.79 Å². The molecule has 14 nitrogen and oxygen atoms in total. The number of ether oxygens (including phenoxy) is 4. The van der Waals surface area contributed by atoms with E-state index in [2.05, 4.69) is 10.6 Å². The van der Waals surface area contributed by atoms with E-state index >= 15 is 0 Å². The molecule has 0 bridgehead atoms. The predicted molar refractivity (Wildman–Crippen MR) is 221 cm³/mol. The molecule has 0 saturated heterocycles. The van der Waals surface area contributed by atoms with E-state index in [1.807, 2.05) is 42.5 Å². The topological polar surface area (TPSA) is 156 Å². The fourth-order valence-electron chi connectivity index (χ4n) is 5.63. The number of Topliss-reactive ketones (excluding diaryl/α,β-unsaturated/α-hetero) is 1. The molecule has 56 heavy (non-hydrogen) atoms. The molecule has 2 aromatic carbocycles. The van der Waals surface area contributed by atoms with Gasteiger partial charge in [0.1, 0.15) is 22.4 Å². The van der Waals surface area contributed by atoms with E-state index in [0.29, 0.717) is 24.2 Å². The summed E-state index contributed by atoms with van der Waals surface area (Å²) in [5, 5.41) is 7.92. The van der Waals surface area contributed by atoms with Gasteiger partial charge in [0.25, 0.3) is 0 Å². The molecule has 14 heteroatoms. The van der Waals surface area contributed by atoms with Crippen LogP contribution in [0.1, 0.15) is 102 Å². The second-order valence-electron chi connectivity index (χ2n) is 17.8. The summed E-state index contributed by atoms with van der Waals surface area (Å²) in [6.07, 6.45) is -0.544. The third-order valence-electron chi connectivity index (χ3n) is 7.96. The molecule has 0 spiro atoms. The minimum Gasteiger partial charge on any atom is -0.444 e. The van der Waals surface area contributed by atoms with Gasteiger partial charge in [-0.25, -0.2) is 19.2 Å². The van der Waals surface area contributed by atoms with Crippen LogP contribution in [0.25, 0.3) is 16.8 Å². The predicted octanol–water partition coefficient (Wildman–Crippen LogP) is 7.74. The summed E-state index contributed by atoms with van der Waals surface area (Å²) in [4.78, 5) is 70.3. The van der Waals surface area contributed by atoms with Gasteiger partial charge in [-0.2, -0.15) is 0 Å². The molecule has 0 aromatic heterocycles. The number of hydrogen-bond acceptors (Lipinski definition) is 10. The summed E-state index contributed by atoms with van der Waals surface area (Å²) < 4.78 is 22.4. The fourth-order valence-corrected chi connectivity index (χ4v) is 5.63. The maximum Gasteiger partial charge on any atom is 0.410 e. The van der Waals surface area contributed by atoms with Crippen molar-refractivity contribution in [3.05, 3.63) is 53.1 Å². The first-order valence-electron chi connectivity index (χ1n) is 19.2. The number of nitrogens with zero attached hydrogens (tertiary/aromatic N) is 3. The van der Waals surface area contributed by atoms with Crippen LogP contribution in [0, 0.1) is 0 Å². The standard InChI is InChI=1S/C42H63N5O9.2H2/c1-39(2,3)53-35(49)44-20-22-46(37(51)55-41(7,8)9)24-26-47(38(52)56-42(10,11)12)25-23-45(36(50)54-40(4,5)6)21-19-43-28-31-27-30-17-13-15-29-16-14-18-32(33(29)30)34(31)48;;/h13-18,27,43H,19-26,28H2,1-12H3,(H,44,49);2*1H. The number of hydrogen-bond donors (Lipinski definition) is 2. The Kier molecular flexibility index (Phi) is 15.3.